The lowest BCUT2D eigenvalue weighted by Gasteiger charge is -2.29. The van der Waals surface area contributed by atoms with Crippen LogP contribution in [0.3, 0.4) is 0 Å². The second kappa shape index (κ2) is 12.3. The second-order valence-electron chi connectivity index (χ2n) is 7.87. The normalized spacial score (nSPS) is 11.8. The summed E-state index contributed by atoms with van der Waals surface area (Å²) in [5.74, 6) is 0.283. The van der Waals surface area contributed by atoms with Crippen LogP contribution in [-0.4, -0.2) is 35.9 Å². The van der Waals surface area contributed by atoms with Gasteiger partial charge in [0.1, 0.15) is 17.6 Å². The smallest absolute Gasteiger partial charge is 0.242 e. The quantitative estimate of drug-likeness (QED) is 0.501. The van der Waals surface area contributed by atoms with Gasteiger partial charge >= 0.3 is 0 Å². The number of ether oxygens (including phenoxy) is 1. The van der Waals surface area contributed by atoms with Gasteiger partial charge in [0.25, 0.3) is 0 Å². The van der Waals surface area contributed by atoms with Gasteiger partial charge in [-0.3, -0.25) is 9.59 Å². The predicted molar refractivity (Wildman–Crippen MR) is 120 cm³/mol. The van der Waals surface area contributed by atoms with Crippen LogP contribution in [0.25, 0.3) is 0 Å². The predicted octanol–water partition coefficient (Wildman–Crippen LogP) is 4.83. The number of hydrogen-bond acceptors (Lipinski definition) is 3. The fourth-order valence-corrected chi connectivity index (χ4v) is 3.04. The van der Waals surface area contributed by atoms with Crippen molar-refractivity contribution in [1.29, 1.82) is 0 Å². The molecule has 0 bridgehead atoms. The van der Waals surface area contributed by atoms with Crippen molar-refractivity contribution in [1.82, 2.24) is 10.2 Å². The van der Waals surface area contributed by atoms with Crippen molar-refractivity contribution in [2.75, 3.05) is 13.2 Å². The topological polar surface area (TPSA) is 58.6 Å². The van der Waals surface area contributed by atoms with Gasteiger partial charge in [-0.2, -0.15) is 0 Å². The monoisotopic (exact) mass is 448 g/mol. The molecule has 0 saturated carbocycles. The molecule has 0 aliphatic carbocycles. The Balaban J connectivity index is 1.97. The third-order valence-electron chi connectivity index (χ3n) is 4.74. The van der Waals surface area contributed by atoms with E-state index in [1.165, 1.54) is 17.0 Å². The summed E-state index contributed by atoms with van der Waals surface area (Å²) >= 11 is 5.86. The van der Waals surface area contributed by atoms with Gasteiger partial charge in [-0.05, 0) is 61.2 Å². The van der Waals surface area contributed by atoms with Crippen LogP contribution in [0.5, 0.6) is 5.75 Å². The van der Waals surface area contributed by atoms with Gasteiger partial charge in [0.15, 0.2) is 0 Å². The Morgan fingerprint density at radius 3 is 2.32 bits per heavy atom. The van der Waals surface area contributed by atoms with Gasteiger partial charge in [-0.25, -0.2) is 4.39 Å². The third kappa shape index (κ3) is 8.58. The van der Waals surface area contributed by atoms with Crippen LogP contribution in [0.1, 0.15) is 39.2 Å². The third-order valence-corrected chi connectivity index (χ3v) is 4.99. The molecule has 0 aromatic heterocycles. The average Bonchev–Trinajstić information content (AvgIpc) is 2.75. The Morgan fingerprint density at radius 2 is 1.71 bits per heavy atom. The summed E-state index contributed by atoms with van der Waals surface area (Å²) in [6.07, 6.45) is 0.734. The molecule has 1 atom stereocenters. The van der Waals surface area contributed by atoms with Crippen LogP contribution in [0.4, 0.5) is 4.39 Å². The number of carbonyl (C=O) groups is 2. The van der Waals surface area contributed by atoms with Crippen molar-refractivity contribution in [2.24, 2.45) is 5.92 Å². The van der Waals surface area contributed by atoms with Crippen molar-refractivity contribution >= 4 is 23.4 Å². The number of halogens is 2. The molecule has 0 saturated heterocycles. The molecule has 7 heteroatoms. The van der Waals surface area contributed by atoms with Crippen molar-refractivity contribution in [3.05, 3.63) is 64.9 Å². The molecule has 0 fully saturated rings. The molecule has 0 unspecified atom stereocenters. The standard InChI is InChI=1S/C24H30ClFN2O3/c1-17(2)15-27-24(30)18(3)28(16-19-6-10-21(26)11-7-19)23(29)5-4-14-31-22-12-8-20(25)9-13-22/h6-13,17-18H,4-5,14-16H2,1-3H3,(H,27,30)/t18-/m0/s1. The second-order valence-corrected chi connectivity index (χ2v) is 8.31. The lowest BCUT2D eigenvalue weighted by Crippen LogP contribution is -2.48. The van der Waals surface area contributed by atoms with Crippen LogP contribution in [0.15, 0.2) is 48.5 Å². The molecule has 1 N–H and O–H groups in total. The average molecular weight is 449 g/mol. The van der Waals surface area contributed by atoms with Gasteiger partial charge in [0.05, 0.1) is 6.61 Å². The minimum atomic E-state index is -0.645. The summed E-state index contributed by atoms with van der Waals surface area (Å²) in [5.41, 5.74) is 0.760. The van der Waals surface area contributed by atoms with Gasteiger partial charge in [0.2, 0.25) is 11.8 Å². The highest BCUT2D eigenvalue weighted by molar-refractivity contribution is 6.30. The Hall–Kier alpha value is -2.60. The van der Waals surface area contributed by atoms with E-state index in [9.17, 15) is 14.0 Å². The SMILES string of the molecule is CC(C)CNC(=O)[C@H](C)N(Cc1ccc(F)cc1)C(=O)CCCOc1ccc(Cl)cc1. The zero-order valence-electron chi connectivity index (χ0n) is 18.2. The van der Waals surface area contributed by atoms with Crippen molar-refractivity contribution in [2.45, 2.75) is 46.2 Å². The van der Waals surface area contributed by atoms with Crippen molar-refractivity contribution < 1.29 is 18.7 Å². The fourth-order valence-electron chi connectivity index (χ4n) is 2.91. The van der Waals surface area contributed by atoms with Crippen LogP contribution >= 0.6 is 11.6 Å². The summed E-state index contributed by atoms with van der Waals surface area (Å²) in [4.78, 5) is 27.1. The summed E-state index contributed by atoms with van der Waals surface area (Å²) in [5, 5.41) is 3.51. The Bertz CT molecular complexity index is 841. The Labute approximate surface area is 188 Å². The van der Waals surface area contributed by atoms with E-state index in [4.69, 9.17) is 16.3 Å². The highest BCUT2D eigenvalue weighted by Gasteiger charge is 2.25. The summed E-state index contributed by atoms with van der Waals surface area (Å²) in [6, 6.07) is 12.3. The number of hydrogen-bond donors (Lipinski definition) is 1. The summed E-state index contributed by atoms with van der Waals surface area (Å²) in [6.45, 7) is 6.86. The molecule has 31 heavy (non-hydrogen) atoms. The molecule has 0 aliphatic heterocycles. The van der Waals surface area contributed by atoms with E-state index in [1.54, 1.807) is 43.3 Å². The number of carbonyl (C=O) groups excluding carboxylic acids is 2. The van der Waals surface area contributed by atoms with Gasteiger partial charge in [-0.15, -0.1) is 0 Å². The highest BCUT2D eigenvalue weighted by Crippen LogP contribution is 2.17. The van der Waals surface area contributed by atoms with Crippen LogP contribution < -0.4 is 10.1 Å². The molecule has 0 heterocycles. The maximum absolute atomic E-state index is 13.2. The minimum Gasteiger partial charge on any atom is -0.494 e. The molecule has 0 aliphatic rings. The Morgan fingerprint density at radius 1 is 1.06 bits per heavy atom. The van der Waals surface area contributed by atoms with Crippen LogP contribution in [0, 0.1) is 11.7 Å². The van der Waals surface area contributed by atoms with Gasteiger partial charge in [0, 0.05) is 24.5 Å². The first-order chi connectivity index (χ1) is 14.8. The van der Waals surface area contributed by atoms with E-state index in [1.807, 2.05) is 13.8 Å². The molecule has 0 spiro atoms. The number of rotatable bonds is 11. The zero-order valence-corrected chi connectivity index (χ0v) is 19.0. The van der Waals surface area contributed by atoms with E-state index in [0.29, 0.717) is 36.3 Å². The largest absolute Gasteiger partial charge is 0.494 e. The van der Waals surface area contributed by atoms with E-state index < -0.39 is 6.04 Å². The van der Waals surface area contributed by atoms with E-state index in [2.05, 4.69) is 5.32 Å². The summed E-state index contributed by atoms with van der Waals surface area (Å²) in [7, 11) is 0. The first-order valence-electron chi connectivity index (χ1n) is 10.5. The van der Waals surface area contributed by atoms with Gasteiger partial charge in [-0.1, -0.05) is 37.6 Å². The zero-order chi connectivity index (χ0) is 22.8. The first kappa shape index (κ1) is 24.7. The van der Waals surface area contributed by atoms with Crippen molar-refractivity contribution in [3.8, 4) is 5.75 Å². The number of nitrogens with zero attached hydrogens (tertiary/aromatic N) is 1. The molecule has 168 valence electrons. The molecule has 2 aromatic rings. The summed E-state index contributed by atoms with van der Waals surface area (Å²) < 4.78 is 18.9. The maximum atomic E-state index is 13.2. The number of nitrogens with one attached hydrogen (secondary N) is 1. The molecular formula is C24H30ClFN2O3. The lowest BCUT2D eigenvalue weighted by atomic mass is 10.1. The molecule has 2 rings (SSSR count). The molecule has 5 nitrogen and oxygen atoms in total. The Kier molecular flexibility index (Phi) is 9.79. The van der Waals surface area contributed by atoms with Gasteiger partial charge < -0.3 is 15.0 Å². The first-order valence-corrected chi connectivity index (χ1v) is 10.8. The van der Waals surface area contributed by atoms with Crippen molar-refractivity contribution in [3.63, 3.8) is 0 Å². The maximum Gasteiger partial charge on any atom is 0.242 e. The molecule has 0 radical (unpaired) electrons. The molecule has 2 aromatic carbocycles. The highest BCUT2D eigenvalue weighted by atomic mass is 35.5. The van der Waals surface area contributed by atoms with E-state index in [0.717, 1.165) is 5.56 Å². The fraction of sp³-hybridized carbons (Fsp3) is 0.417. The molecule has 2 amide bonds. The number of amides is 2. The van der Waals surface area contributed by atoms with E-state index in [-0.39, 0.29) is 30.6 Å². The number of benzene rings is 2. The van der Waals surface area contributed by atoms with E-state index >= 15 is 0 Å². The van der Waals surface area contributed by atoms with Crippen LogP contribution in [-0.2, 0) is 16.1 Å². The molecular weight excluding hydrogens is 419 g/mol. The lowest BCUT2D eigenvalue weighted by molar-refractivity contribution is -0.140. The van der Waals surface area contributed by atoms with Crippen LogP contribution in [0.2, 0.25) is 5.02 Å². The minimum absolute atomic E-state index is 0.156.